The lowest BCUT2D eigenvalue weighted by atomic mass is 9.89. The van der Waals surface area contributed by atoms with Crippen LogP contribution in [0.4, 0.5) is 5.69 Å². The van der Waals surface area contributed by atoms with Crippen LogP contribution in [0.25, 0.3) is 10.2 Å². The maximum Gasteiger partial charge on any atom is 0.260 e. The van der Waals surface area contributed by atoms with Crippen molar-refractivity contribution in [3.05, 3.63) is 50.6 Å². The first-order chi connectivity index (χ1) is 13.5. The number of amides is 1. The molecule has 1 aliphatic rings. The number of H-pyrrole nitrogens is 1. The molecule has 0 fully saturated rings. The molecule has 2 aromatic heterocycles. The Hall–Kier alpha value is -2.12. The van der Waals surface area contributed by atoms with Crippen molar-refractivity contribution in [2.45, 2.75) is 44.7 Å². The van der Waals surface area contributed by atoms with Crippen LogP contribution in [0.2, 0.25) is 0 Å². The van der Waals surface area contributed by atoms with Crippen LogP contribution in [-0.4, -0.2) is 21.6 Å². The Bertz CT molecular complexity index is 1090. The zero-order chi connectivity index (χ0) is 19.7. The number of hydrogen-bond donors (Lipinski definition) is 2. The van der Waals surface area contributed by atoms with Gasteiger partial charge in [-0.3, -0.25) is 9.59 Å². The lowest BCUT2D eigenvalue weighted by molar-refractivity contribution is -0.113. The summed E-state index contributed by atoms with van der Waals surface area (Å²) >= 11 is 2.89. The van der Waals surface area contributed by atoms with E-state index in [0.717, 1.165) is 41.6 Å². The number of rotatable bonds is 5. The van der Waals surface area contributed by atoms with Crippen LogP contribution in [0.5, 0.6) is 0 Å². The molecule has 0 saturated heterocycles. The molecule has 0 bridgehead atoms. The molecule has 1 atom stereocenters. The zero-order valence-corrected chi connectivity index (χ0v) is 17.6. The second kappa shape index (κ2) is 8.09. The van der Waals surface area contributed by atoms with Gasteiger partial charge >= 0.3 is 0 Å². The first-order valence-corrected chi connectivity index (χ1v) is 11.4. The van der Waals surface area contributed by atoms with Gasteiger partial charge in [-0.2, -0.15) is 0 Å². The lowest BCUT2D eigenvalue weighted by Gasteiger charge is -2.17. The highest BCUT2D eigenvalue weighted by atomic mass is 32.2. The van der Waals surface area contributed by atoms with Crippen molar-refractivity contribution in [2.24, 2.45) is 5.92 Å². The summed E-state index contributed by atoms with van der Waals surface area (Å²) in [6, 6.07) is 7.83. The molecule has 7 heteroatoms. The third kappa shape index (κ3) is 4.00. The van der Waals surface area contributed by atoms with Crippen LogP contribution in [0.1, 0.15) is 36.3 Å². The van der Waals surface area contributed by atoms with Crippen LogP contribution in [0, 0.1) is 5.92 Å². The molecule has 1 aromatic carbocycles. The maximum absolute atomic E-state index is 12.6. The van der Waals surface area contributed by atoms with Crippen molar-refractivity contribution >= 4 is 44.9 Å². The minimum absolute atomic E-state index is 0.0874. The first-order valence-electron chi connectivity index (χ1n) is 9.59. The van der Waals surface area contributed by atoms with Crippen molar-refractivity contribution in [1.29, 1.82) is 0 Å². The van der Waals surface area contributed by atoms with Crippen LogP contribution in [0.3, 0.4) is 0 Å². The molecule has 146 valence electrons. The zero-order valence-electron chi connectivity index (χ0n) is 16.0. The summed E-state index contributed by atoms with van der Waals surface area (Å²) in [6.45, 7) is 4.33. The molecule has 0 aliphatic heterocycles. The summed E-state index contributed by atoms with van der Waals surface area (Å²) in [7, 11) is 0. The van der Waals surface area contributed by atoms with Gasteiger partial charge in [0.2, 0.25) is 5.91 Å². The minimum Gasteiger partial charge on any atom is -0.325 e. The van der Waals surface area contributed by atoms with E-state index in [1.165, 1.54) is 27.8 Å². The summed E-state index contributed by atoms with van der Waals surface area (Å²) in [5.41, 5.74) is 3.06. The Kier molecular flexibility index (Phi) is 5.55. The first kappa shape index (κ1) is 19.2. The van der Waals surface area contributed by atoms with Gasteiger partial charge in [-0.1, -0.05) is 37.7 Å². The highest BCUT2D eigenvalue weighted by Gasteiger charge is 2.23. The largest absolute Gasteiger partial charge is 0.325 e. The number of thioether (sulfide) groups is 1. The highest BCUT2D eigenvalue weighted by Crippen LogP contribution is 2.36. The number of aryl methyl sites for hydroxylation is 2. The predicted octanol–water partition coefficient (Wildman–Crippen LogP) is 4.40. The van der Waals surface area contributed by atoms with E-state index in [1.54, 1.807) is 11.3 Å². The third-order valence-corrected chi connectivity index (χ3v) is 7.12. The SMILES string of the molecule is CCc1cccc(NC(=O)CSc2nc3sc4c(c3c(=O)[nH]2)CC[C@H](C)C4)c1. The van der Waals surface area contributed by atoms with Crippen molar-refractivity contribution in [2.75, 3.05) is 11.1 Å². The van der Waals surface area contributed by atoms with Gasteiger partial charge in [-0.25, -0.2) is 4.98 Å². The molecule has 0 saturated carbocycles. The van der Waals surface area contributed by atoms with E-state index in [2.05, 4.69) is 29.1 Å². The Morgan fingerprint density at radius 2 is 2.29 bits per heavy atom. The fourth-order valence-corrected chi connectivity index (χ4v) is 5.70. The molecule has 5 nitrogen and oxygen atoms in total. The van der Waals surface area contributed by atoms with E-state index in [1.807, 2.05) is 24.3 Å². The fraction of sp³-hybridized carbons (Fsp3) is 0.381. The summed E-state index contributed by atoms with van der Waals surface area (Å²) in [4.78, 5) is 34.5. The van der Waals surface area contributed by atoms with Gasteiger partial charge in [-0.15, -0.1) is 11.3 Å². The number of aromatic amines is 1. The number of carbonyl (C=O) groups is 1. The van der Waals surface area contributed by atoms with Crippen LogP contribution in [0.15, 0.2) is 34.2 Å². The van der Waals surface area contributed by atoms with Crippen molar-refractivity contribution in [1.82, 2.24) is 9.97 Å². The van der Waals surface area contributed by atoms with Crippen molar-refractivity contribution in [3.63, 3.8) is 0 Å². The average molecular weight is 414 g/mol. The summed E-state index contributed by atoms with van der Waals surface area (Å²) in [5, 5.41) is 4.16. The van der Waals surface area contributed by atoms with E-state index in [4.69, 9.17) is 0 Å². The van der Waals surface area contributed by atoms with Gasteiger partial charge in [0.1, 0.15) is 4.83 Å². The average Bonchev–Trinajstić information content (AvgIpc) is 3.04. The molecule has 0 unspecified atom stereocenters. The molecule has 3 aromatic rings. The Labute approximate surface area is 172 Å². The summed E-state index contributed by atoms with van der Waals surface area (Å²) in [6.07, 6.45) is 4.02. The number of hydrogen-bond acceptors (Lipinski definition) is 5. The lowest BCUT2D eigenvalue weighted by Crippen LogP contribution is -2.16. The number of nitrogens with zero attached hydrogens (tertiary/aromatic N) is 1. The molecule has 1 amide bonds. The molecule has 1 aliphatic carbocycles. The molecule has 2 heterocycles. The molecule has 0 radical (unpaired) electrons. The van der Waals surface area contributed by atoms with Crippen LogP contribution < -0.4 is 10.9 Å². The summed E-state index contributed by atoms with van der Waals surface area (Å²) in [5.74, 6) is 0.746. The van der Waals surface area contributed by atoms with E-state index < -0.39 is 0 Å². The van der Waals surface area contributed by atoms with Crippen molar-refractivity contribution < 1.29 is 4.79 Å². The molecular weight excluding hydrogens is 390 g/mol. The van der Waals surface area contributed by atoms with Gasteiger partial charge < -0.3 is 10.3 Å². The van der Waals surface area contributed by atoms with Gasteiger partial charge in [0.25, 0.3) is 5.56 Å². The van der Waals surface area contributed by atoms with E-state index in [0.29, 0.717) is 11.1 Å². The second-order valence-corrected chi connectivity index (χ2v) is 9.34. The summed E-state index contributed by atoms with van der Waals surface area (Å²) < 4.78 is 0. The van der Waals surface area contributed by atoms with E-state index in [-0.39, 0.29) is 17.2 Å². The second-order valence-electron chi connectivity index (χ2n) is 7.29. The minimum atomic E-state index is -0.111. The fourth-order valence-electron chi connectivity index (χ4n) is 3.60. The topological polar surface area (TPSA) is 74.8 Å². The Balaban J connectivity index is 1.47. The number of thiophene rings is 1. The Morgan fingerprint density at radius 1 is 1.43 bits per heavy atom. The van der Waals surface area contributed by atoms with Gasteiger partial charge in [-0.05, 0) is 54.9 Å². The third-order valence-electron chi connectivity index (χ3n) is 5.10. The number of nitrogens with one attached hydrogen (secondary N) is 2. The van der Waals surface area contributed by atoms with E-state index in [9.17, 15) is 9.59 Å². The molecule has 2 N–H and O–H groups in total. The van der Waals surface area contributed by atoms with Crippen LogP contribution >= 0.6 is 23.1 Å². The standard InChI is InChI=1S/C21H23N3O2S2/c1-3-13-5-4-6-14(10-13)22-17(25)11-27-21-23-19(26)18-15-8-7-12(2)9-16(15)28-20(18)24-21/h4-6,10,12H,3,7-9,11H2,1-2H3,(H,22,25)(H,23,24,26)/t12-/m0/s1. The normalized spacial score (nSPS) is 16.1. The van der Waals surface area contributed by atoms with Gasteiger partial charge in [0, 0.05) is 10.6 Å². The number of benzene rings is 1. The molecule has 0 spiro atoms. The predicted molar refractivity (Wildman–Crippen MR) is 117 cm³/mol. The molecular formula is C21H23N3O2S2. The smallest absolute Gasteiger partial charge is 0.260 e. The Morgan fingerprint density at radius 3 is 3.11 bits per heavy atom. The molecule has 4 rings (SSSR count). The highest BCUT2D eigenvalue weighted by molar-refractivity contribution is 7.99. The number of anilines is 1. The number of aromatic nitrogens is 2. The monoisotopic (exact) mass is 413 g/mol. The molecule has 28 heavy (non-hydrogen) atoms. The van der Waals surface area contributed by atoms with Crippen LogP contribution in [-0.2, 0) is 24.1 Å². The quantitative estimate of drug-likeness (QED) is 0.480. The number of fused-ring (bicyclic) bond motifs is 3. The van der Waals surface area contributed by atoms with Gasteiger partial charge in [0.05, 0.1) is 11.1 Å². The number of carbonyl (C=O) groups excluding carboxylic acids is 1. The van der Waals surface area contributed by atoms with Crippen molar-refractivity contribution in [3.8, 4) is 0 Å². The van der Waals surface area contributed by atoms with Gasteiger partial charge in [0.15, 0.2) is 5.16 Å². The van der Waals surface area contributed by atoms with E-state index >= 15 is 0 Å². The maximum atomic E-state index is 12.6.